The van der Waals surface area contributed by atoms with Gasteiger partial charge in [0.15, 0.2) is 0 Å². The van der Waals surface area contributed by atoms with Gasteiger partial charge in [-0.3, -0.25) is 4.79 Å². The molecule has 2 rings (SSSR count). The van der Waals surface area contributed by atoms with Gasteiger partial charge in [0, 0.05) is 18.7 Å². The summed E-state index contributed by atoms with van der Waals surface area (Å²) in [5, 5.41) is 0. The number of hydrogen-bond donors (Lipinski definition) is 0. The molecule has 1 unspecified atom stereocenters. The molecule has 2 nitrogen and oxygen atoms in total. The Labute approximate surface area is 90.9 Å². The normalized spacial score (nSPS) is 21.1. The van der Waals surface area contributed by atoms with Crippen LogP contribution in [0, 0.1) is 19.8 Å². The number of carbonyl (C=O) groups is 1. The van der Waals surface area contributed by atoms with Crippen LogP contribution in [0.3, 0.4) is 0 Å². The van der Waals surface area contributed by atoms with E-state index < -0.39 is 0 Å². The van der Waals surface area contributed by atoms with Gasteiger partial charge in [0.1, 0.15) is 0 Å². The van der Waals surface area contributed by atoms with Gasteiger partial charge in [-0.2, -0.15) is 0 Å². The number of rotatable bonds is 1. The maximum atomic E-state index is 11.7. The fraction of sp³-hybridized carbons (Fsp3) is 0.462. The van der Waals surface area contributed by atoms with E-state index in [0.29, 0.717) is 12.3 Å². The second-order valence-electron chi connectivity index (χ2n) is 4.58. The summed E-state index contributed by atoms with van der Waals surface area (Å²) in [6, 6.07) is 6.23. The van der Waals surface area contributed by atoms with Gasteiger partial charge >= 0.3 is 0 Å². The Morgan fingerprint density at radius 3 is 2.53 bits per heavy atom. The van der Waals surface area contributed by atoms with Crippen LogP contribution in [0.5, 0.6) is 0 Å². The first kappa shape index (κ1) is 10.2. The average molecular weight is 203 g/mol. The van der Waals surface area contributed by atoms with Crippen molar-refractivity contribution in [1.29, 1.82) is 0 Å². The highest BCUT2D eigenvalue weighted by Crippen LogP contribution is 2.26. The fourth-order valence-electron chi connectivity index (χ4n) is 2.03. The first-order valence-electron chi connectivity index (χ1n) is 5.45. The number of carbonyl (C=O) groups excluding carboxylic acids is 1. The smallest absolute Gasteiger partial charge is 0.227 e. The molecular weight excluding hydrogens is 186 g/mol. The molecule has 0 aliphatic carbocycles. The van der Waals surface area contributed by atoms with Gasteiger partial charge in [-0.1, -0.05) is 13.0 Å². The van der Waals surface area contributed by atoms with Gasteiger partial charge in [-0.05, 0) is 43.0 Å². The number of benzene rings is 1. The third-order valence-corrected chi connectivity index (χ3v) is 3.12. The van der Waals surface area contributed by atoms with Crippen LogP contribution >= 0.6 is 0 Å². The minimum Gasteiger partial charge on any atom is -0.312 e. The zero-order chi connectivity index (χ0) is 11.0. The number of anilines is 1. The maximum Gasteiger partial charge on any atom is 0.227 e. The van der Waals surface area contributed by atoms with E-state index in [9.17, 15) is 4.79 Å². The standard InChI is InChI=1S/C13H17NO/c1-9-6-13(15)14(8-9)12-5-4-10(2)11(3)7-12/h4-5,7,9H,6,8H2,1-3H3. The van der Waals surface area contributed by atoms with E-state index in [4.69, 9.17) is 0 Å². The Kier molecular flexibility index (Phi) is 2.51. The quantitative estimate of drug-likeness (QED) is 0.687. The molecule has 0 bridgehead atoms. The van der Waals surface area contributed by atoms with Crippen LogP contribution in [0.1, 0.15) is 24.5 Å². The largest absolute Gasteiger partial charge is 0.312 e. The molecule has 80 valence electrons. The van der Waals surface area contributed by atoms with Crippen LogP contribution in [0.15, 0.2) is 18.2 Å². The highest BCUT2D eigenvalue weighted by atomic mass is 16.2. The first-order chi connectivity index (χ1) is 7.08. The van der Waals surface area contributed by atoms with Crippen molar-refractivity contribution in [3.63, 3.8) is 0 Å². The van der Waals surface area contributed by atoms with Crippen molar-refractivity contribution in [3.05, 3.63) is 29.3 Å². The van der Waals surface area contributed by atoms with Crippen molar-refractivity contribution in [2.75, 3.05) is 11.4 Å². The molecule has 1 atom stereocenters. The van der Waals surface area contributed by atoms with Crippen molar-refractivity contribution in [2.45, 2.75) is 27.2 Å². The van der Waals surface area contributed by atoms with E-state index in [1.165, 1.54) is 11.1 Å². The molecule has 2 heteroatoms. The minimum absolute atomic E-state index is 0.255. The molecule has 0 saturated carbocycles. The summed E-state index contributed by atoms with van der Waals surface area (Å²) in [5.41, 5.74) is 3.57. The van der Waals surface area contributed by atoms with Crippen molar-refractivity contribution in [1.82, 2.24) is 0 Å². The summed E-state index contributed by atoms with van der Waals surface area (Å²) in [5.74, 6) is 0.741. The first-order valence-corrected chi connectivity index (χ1v) is 5.45. The summed E-state index contributed by atoms with van der Waals surface area (Å²) in [7, 11) is 0. The van der Waals surface area contributed by atoms with E-state index in [2.05, 4.69) is 32.9 Å². The number of aryl methyl sites for hydroxylation is 2. The van der Waals surface area contributed by atoms with Crippen LogP contribution < -0.4 is 4.90 Å². The Bertz CT molecular complexity index is 398. The lowest BCUT2D eigenvalue weighted by Gasteiger charge is -2.17. The molecule has 1 aliphatic heterocycles. The lowest BCUT2D eigenvalue weighted by molar-refractivity contribution is -0.117. The number of nitrogens with zero attached hydrogens (tertiary/aromatic N) is 1. The Morgan fingerprint density at radius 2 is 2.00 bits per heavy atom. The van der Waals surface area contributed by atoms with Crippen LogP contribution in [-0.2, 0) is 4.79 Å². The van der Waals surface area contributed by atoms with Crippen LogP contribution in [-0.4, -0.2) is 12.5 Å². The number of amides is 1. The third-order valence-electron chi connectivity index (χ3n) is 3.12. The minimum atomic E-state index is 0.255. The molecule has 0 spiro atoms. The summed E-state index contributed by atoms with van der Waals surface area (Å²) in [4.78, 5) is 13.6. The number of hydrogen-bond acceptors (Lipinski definition) is 1. The molecule has 1 aromatic rings. The molecule has 1 aromatic carbocycles. The molecule has 0 N–H and O–H groups in total. The zero-order valence-electron chi connectivity index (χ0n) is 9.58. The fourth-order valence-corrected chi connectivity index (χ4v) is 2.03. The second kappa shape index (κ2) is 3.69. The average Bonchev–Trinajstić information content (AvgIpc) is 2.50. The molecule has 1 saturated heterocycles. The van der Waals surface area contributed by atoms with Gasteiger partial charge in [-0.15, -0.1) is 0 Å². The highest BCUT2D eigenvalue weighted by molar-refractivity contribution is 5.95. The molecule has 1 fully saturated rings. The molecule has 15 heavy (non-hydrogen) atoms. The summed E-state index contributed by atoms with van der Waals surface area (Å²) < 4.78 is 0. The molecule has 1 amide bonds. The predicted octanol–water partition coefficient (Wildman–Crippen LogP) is 2.68. The zero-order valence-corrected chi connectivity index (χ0v) is 9.58. The van der Waals surface area contributed by atoms with Gasteiger partial charge in [-0.25, -0.2) is 0 Å². The van der Waals surface area contributed by atoms with Crippen molar-refractivity contribution >= 4 is 11.6 Å². The van der Waals surface area contributed by atoms with Crippen molar-refractivity contribution in [3.8, 4) is 0 Å². The summed E-state index contributed by atoms with van der Waals surface area (Å²) in [6.07, 6.45) is 0.687. The molecule has 1 aliphatic rings. The summed E-state index contributed by atoms with van der Waals surface area (Å²) in [6.45, 7) is 7.16. The lowest BCUT2D eigenvalue weighted by Crippen LogP contribution is -2.24. The van der Waals surface area contributed by atoms with Crippen molar-refractivity contribution < 1.29 is 4.79 Å². The van der Waals surface area contributed by atoms with E-state index in [-0.39, 0.29) is 5.91 Å². The Morgan fingerprint density at radius 1 is 1.27 bits per heavy atom. The monoisotopic (exact) mass is 203 g/mol. The Hall–Kier alpha value is -1.31. The molecule has 0 radical (unpaired) electrons. The van der Waals surface area contributed by atoms with Crippen molar-refractivity contribution in [2.24, 2.45) is 5.92 Å². The van der Waals surface area contributed by atoms with Crippen LogP contribution in [0.25, 0.3) is 0 Å². The topological polar surface area (TPSA) is 20.3 Å². The van der Waals surface area contributed by atoms with E-state index in [1.807, 2.05) is 11.0 Å². The van der Waals surface area contributed by atoms with Gasteiger partial charge in [0.05, 0.1) is 0 Å². The van der Waals surface area contributed by atoms with Crippen LogP contribution in [0.2, 0.25) is 0 Å². The molecular formula is C13H17NO. The van der Waals surface area contributed by atoms with Gasteiger partial charge < -0.3 is 4.90 Å². The summed E-state index contributed by atoms with van der Waals surface area (Å²) >= 11 is 0. The van der Waals surface area contributed by atoms with Gasteiger partial charge in [0.25, 0.3) is 0 Å². The SMILES string of the molecule is Cc1ccc(N2CC(C)CC2=O)cc1C. The Balaban J connectivity index is 2.30. The highest BCUT2D eigenvalue weighted by Gasteiger charge is 2.27. The van der Waals surface area contributed by atoms with Gasteiger partial charge in [0.2, 0.25) is 5.91 Å². The maximum absolute atomic E-state index is 11.7. The van der Waals surface area contributed by atoms with E-state index in [1.54, 1.807) is 0 Å². The third kappa shape index (κ3) is 1.89. The lowest BCUT2D eigenvalue weighted by atomic mass is 10.1. The van der Waals surface area contributed by atoms with E-state index >= 15 is 0 Å². The second-order valence-corrected chi connectivity index (χ2v) is 4.58. The van der Waals surface area contributed by atoms with E-state index in [0.717, 1.165) is 12.2 Å². The predicted molar refractivity (Wildman–Crippen MR) is 62.1 cm³/mol. The van der Waals surface area contributed by atoms with Crippen LogP contribution in [0.4, 0.5) is 5.69 Å². The molecule has 0 aromatic heterocycles. The molecule has 1 heterocycles.